The zero-order valence-electron chi connectivity index (χ0n) is 18.7. The molecule has 5 rings (SSSR count). The molecular weight excluding hydrogens is 388 g/mol. The van der Waals surface area contributed by atoms with E-state index in [1.807, 2.05) is 18.2 Å². The largest absolute Gasteiger partial charge is 0.497 e. The first kappa shape index (κ1) is 20.4. The van der Waals surface area contributed by atoms with Crippen molar-refractivity contribution in [3.05, 3.63) is 59.2 Å². The molecule has 0 saturated heterocycles. The molecule has 0 radical (unpaired) electrons. The van der Waals surface area contributed by atoms with E-state index in [-0.39, 0.29) is 17.5 Å². The quantitative estimate of drug-likeness (QED) is 0.588. The van der Waals surface area contributed by atoms with Crippen LogP contribution in [-0.4, -0.2) is 26.3 Å². The van der Waals surface area contributed by atoms with Crippen LogP contribution in [-0.2, 0) is 11.2 Å². The summed E-state index contributed by atoms with van der Waals surface area (Å²) < 4.78 is 16.9. The van der Waals surface area contributed by atoms with Crippen LogP contribution < -0.4 is 9.47 Å². The number of rotatable bonds is 4. The van der Waals surface area contributed by atoms with Crippen LogP contribution in [0.2, 0.25) is 0 Å². The van der Waals surface area contributed by atoms with Crippen molar-refractivity contribution >= 4 is 5.97 Å². The zero-order valence-corrected chi connectivity index (χ0v) is 18.7. The molecule has 5 atom stereocenters. The van der Waals surface area contributed by atoms with Gasteiger partial charge in [0.15, 0.2) is 0 Å². The Kier molecular flexibility index (Phi) is 5.19. The normalized spacial score (nSPS) is 31.2. The van der Waals surface area contributed by atoms with Gasteiger partial charge in [-0.05, 0) is 97.7 Å². The zero-order chi connectivity index (χ0) is 21.6. The lowest BCUT2D eigenvalue weighted by molar-refractivity contribution is -0.0428. The van der Waals surface area contributed by atoms with Crippen molar-refractivity contribution in [1.82, 2.24) is 0 Å². The van der Waals surface area contributed by atoms with E-state index in [4.69, 9.17) is 14.2 Å². The highest BCUT2D eigenvalue weighted by Gasteiger charge is 2.56. The summed E-state index contributed by atoms with van der Waals surface area (Å²) in [6.07, 6.45) is 6.74. The first-order valence-corrected chi connectivity index (χ1v) is 11.6. The third-order valence-electron chi connectivity index (χ3n) is 8.40. The molecule has 2 aromatic rings. The summed E-state index contributed by atoms with van der Waals surface area (Å²) in [5.74, 6) is 3.34. The fourth-order valence-electron chi connectivity index (χ4n) is 6.78. The Bertz CT molecular complexity index is 983. The highest BCUT2D eigenvalue weighted by atomic mass is 16.5. The van der Waals surface area contributed by atoms with Crippen LogP contribution in [0.15, 0.2) is 42.5 Å². The Morgan fingerprint density at radius 1 is 0.968 bits per heavy atom. The molecular formula is C27H32O4. The molecule has 2 aromatic carbocycles. The van der Waals surface area contributed by atoms with Crippen molar-refractivity contribution in [2.75, 3.05) is 14.2 Å². The molecule has 0 spiro atoms. The maximum Gasteiger partial charge on any atom is 0.338 e. The van der Waals surface area contributed by atoms with E-state index >= 15 is 0 Å². The van der Waals surface area contributed by atoms with Crippen molar-refractivity contribution in [3.8, 4) is 11.5 Å². The van der Waals surface area contributed by atoms with E-state index in [1.165, 1.54) is 24.0 Å². The standard InChI is InChI=1S/C27H32O4/c1-27-14-13-22-21-10-8-20(30-3)15-17(21)7-9-23(22)24(27)11-12-25(27)31-26(28)18-5-4-6-19(16-18)29-2/h4-6,8,10,15-16,22-25H,7,9,11-14H2,1-3H3/t22-,23-,24+,25+,27+/m1/s1. The van der Waals surface area contributed by atoms with Gasteiger partial charge in [0.25, 0.3) is 0 Å². The van der Waals surface area contributed by atoms with E-state index in [2.05, 4.69) is 25.1 Å². The van der Waals surface area contributed by atoms with Gasteiger partial charge in [-0.15, -0.1) is 0 Å². The van der Waals surface area contributed by atoms with Crippen LogP contribution in [0.5, 0.6) is 11.5 Å². The highest BCUT2D eigenvalue weighted by Crippen LogP contribution is 2.61. The van der Waals surface area contributed by atoms with Crippen LogP contribution in [0.4, 0.5) is 0 Å². The highest BCUT2D eigenvalue weighted by molar-refractivity contribution is 5.90. The van der Waals surface area contributed by atoms with Gasteiger partial charge in [0.2, 0.25) is 0 Å². The lowest BCUT2D eigenvalue weighted by Gasteiger charge is -2.50. The van der Waals surface area contributed by atoms with Gasteiger partial charge >= 0.3 is 5.97 Å². The number of aryl methyl sites for hydroxylation is 1. The molecule has 4 heteroatoms. The van der Waals surface area contributed by atoms with Gasteiger partial charge in [-0.25, -0.2) is 4.79 Å². The molecule has 4 nitrogen and oxygen atoms in total. The monoisotopic (exact) mass is 420 g/mol. The van der Waals surface area contributed by atoms with Crippen molar-refractivity contribution in [1.29, 1.82) is 0 Å². The SMILES string of the molecule is COc1cccc(C(=O)O[C@H]2CC[C@H]3[C@@H]4CCc5cc(OC)ccc5[C@H]4CC[C@]23C)c1. The fraction of sp³-hybridized carbons (Fsp3) is 0.519. The Morgan fingerprint density at radius 2 is 1.77 bits per heavy atom. The minimum atomic E-state index is -0.228. The molecule has 0 aliphatic heterocycles. The summed E-state index contributed by atoms with van der Waals surface area (Å²) in [5.41, 5.74) is 3.62. The maximum atomic E-state index is 12.9. The minimum absolute atomic E-state index is 0.00517. The molecule has 164 valence electrons. The van der Waals surface area contributed by atoms with Gasteiger partial charge in [-0.1, -0.05) is 19.1 Å². The Morgan fingerprint density at radius 3 is 2.58 bits per heavy atom. The predicted molar refractivity (Wildman–Crippen MR) is 120 cm³/mol. The summed E-state index contributed by atoms with van der Waals surface area (Å²) >= 11 is 0. The van der Waals surface area contributed by atoms with Gasteiger partial charge in [-0.3, -0.25) is 0 Å². The lowest BCUT2D eigenvalue weighted by atomic mass is 9.55. The second-order valence-corrected chi connectivity index (χ2v) is 9.73. The van der Waals surface area contributed by atoms with Gasteiger partial charge in [-0.2, -0.15) is 0 Å². The van der Waals surface area contributed by atoms with E-state index in [1.54, 1.807) is 20.3 Å². The third kappa shape index (κ3) is 3.40. The minimum Gasteiger partial charge on any atom is -0.497 e. The van der Waals surface area contributed by atoms with Crippen LogP contribution in [0.3, 0.4) is 0 Å². The molecule has 0 aromatic heterocycles. The summed E-state index contributed by atoms with van der Waals surface area (Å²) in [6, 6.07) is 13.9. The van der Waals surface area contributed by atoms with Crippen LogP contribution in [0.1, 0.15) is 66.4 Å². The predicted octanol–water partition coefficient (Wildman–Crippen LogP) is 5.79. The van der Waals surface area contributed by atoms with Crippen LogP contribution >= 0.6 is 0 Å². The summed E-state index contributed by atoms with van der Waals surface area (Å²) in [7, 11) is 3.36. The number of esters is 1. The number of methoxy groups -OCH3 is 2. The average molecular weight is 421 g/mol. The number of carbonyl (C=O) groups is 1. The summed E-state index contributed by atoms with van der Waals surface area (Å²) in [4.78, 5) is 12.9. The average Bonchev–Trinajstić information content (AvgIpc) is 3.14. The molecule has 0 unspecified atom stereocenters. The van der Waals surface area contributed by atoms with Crippen molar-refractivity contribution < 1.29 is 19.0 Å². The van der Waals surface area contributed by atoms with Crippen molar-refractivity contribution in [2.24, 2.45) is 17.3 Å². The number of hydrogen-bond donors (Lipinski definition) is 0. The number of fused-ring (bicyclic) bond motifs is 5. The first-order valence-electron chi connectivity index (χ1n) is 11.6. The van der Waals surface area contributed by atoms with E-state index in [0.29, 0.717) is 29.1 Å². The summed E-state index contributed by atoms with van der Waals surface area (Å²) in [5, 5.41) is 0. The second kappa shape index (κ2) is 7.89. The van der Waals surface area contributed by atoms with E-state index < -0.39 is 0 Å². The fourth-order valence-corrected chi connectivity index (χ4v) is 6.78. The smallest absolute Gasteiger partial charge is 0.338 e. The third-order valence-corrected chi connectivity index (χ3v) is 8.40. The molecule has 0 N–H and O–H groups in total. The van der Waals surface area contributed by atoms with Crippen molar-refractivity contribution in [2.45, 2.75) is 57.5 Å². The Balaban J connectivity index is 1.34. The first-order chi connectivity index (χ1) is 15.0. The van der Waals surface area contributed by atoms with E-state index in [9.17, 15) is 4.79 Å². The van der Waals surface area contributed by atoms with Gasteiger partial charge < -0.3 is 14.2 Å². The molecule has 2 fully saturated rings. The lowest BCUT2D eigenvalue weighted by Crippen LogP contribution is -2.45. The topological polar surface area (TPSA) is 44.8 Å². The van der Waals surface area contributed by atoms with Gasteiger partial charge in [0.1, 0.15) is 17.6 Å². The molecule has 0 amide bonds. The van der Waals surface area contributed by atoms with Gasteiger partial charge in [0.05, 0.1) is 19.8 Å². The molecule has 2 saturated carbocycles. The molecule has 3 aliphatic rings. The Labute approximate surface area is 184 Å². The number of benzene rings is 2. The summed E-state index contributed by atoms with van der Waals surface area (Å²) in [6.45, 7) is 2.37. The molecule has 3 aliphatic carbocycles. The number of hydrogen-bond acceptors (Lipinski definition) is 4. The maximum absolute atomic E-state index is 12.9. The Hall–Kier alpha value is -2.49. The van der Waals surface area contributed by atoms with E-state index in [0.717, 1.165) is 31.4 Å². The number of ether oxygens (including phenoxy) is 3. The van der Waals surface area contributed by atoms with Gasteiger partial charge in [0, 0.05) is 5.41 Å². The molecule has 0 heterocycles. The van der Waals surface area contributed by atoms with Crippen molar-refractivity contribution in [3.63, 3.8) is 0 Å². The van der Waals surface area contributed by atoms with Crippen LogP contribution in [0, 0.1) is 17.3 Å². The molecule has 0 bridgehead atoms. The van der Waals surface area contributed by atoms with Crippen LogP contribution in [0.25, 0.3) is 0 Å². The molecule has 31 heavy (non-hydrogen) atoms. The number of carbonyl (C=O) groups excluding carboxylic acids is 1. The second-order valence-electron chi connectivity index (χ2n) is 9.73.